The van der Waals surface area contributed by atoms with E-state index in [1.807, 2.05) is 45.8 Å². The van der Waals surface area contributed by atoms with E-state index >= 15 is 0 Å². The first kappa shape index (κ1) is 27.6. The summed E-state index contributed by atoms with van der Waals surface area (Å²) in [7, 11) is 0. The second-order valence-corrected chi connectivity index (χ2v) is 12.1. The van der Waals surface area contributed by atoms with Crippen LogP contribution in [0.15, 0.2) is 70.1 Å². The highest BCUT2D eigenvalue weighted by Gasteiger charge is 2.20. The SMILES string of the molecule is O[C@H](CNCCNC[C@@H](O)COC(c1cccs1)c1cccs1)COC(c1cccs1)c1cccs1. The first-order valence-corrected chi connectivity index (χ1v) is 15.4. The number of ether oxygens (including phenoxy) is 2. The fraction of sp³-hybridized carbons (Fsp3) is 0.385. The summed E-state index contributed by atoms with van der Waals surface area (Å²) in [6, 6.07) is 16.3. The minimum Gasteiger partial charge on any atom is -0.389 e. The maximum absolute atomic E-state index is 10.4. The van der Waals surface area contributed by atoms with Crippen molar-refractivity contribution in [1.82, 2.24) is 10.6 Å². The van der Waals surface area contributed by atoms with E-state index in [0.29, 0.717) is 26.2 Å². The maximum Gasteiger partial charge on any atom is 0.126 e. The van der Waals surface area contributed by atoms with Gasteiger partial charge in [-0.15, -0.1) is 45.3 Å². The first-order chi connectivity index (χ1) is 17.7. The molecular formula is C26H32N2O4S4. The lowest BCUT2D eigenvalue weighted by Crippen LogP contribution is -2.38. The molecule has 0 fully saturated rings. The van der Waals surface area contributed by atoms with Crippen LogP contribution in [-0.2, 0) is 9.47 Å². The third-order valence-electron chi connectivity index (χ3n) is 5.36. The van der Waals surface area contributed by atoms with Crippen LogP contribution in [0, 0.1) is 0 Å². The first-order valence-electron chi connectivity index (χ1n) is 11.8. The molecule has 0 aliphatic rings. The van der Waals surface area contributed by atoms with Gasteiger partial charge in [0.2, 0.25) is 0 Å². The molecule has 4 N–H and O–H groups in total. The Hall–Kier alpha value is -1.44. The molecule has 2 atom stereocenters. The van der Waals surface area contributed by atoms with Crippen LogP contribution in [0.1, 0.15) is 31.7 Å². The van der Waals surface area contributed by atoms with E-state index in [2.05, 4.69) is 34.9 Å². The molecule has 4 aromatic rings. The zero-order valence-electron chi connectivity index (χ0n) is 19.8. The highest BCUT2D eigenvalue weighted by molar-refractivity contribution is 7.12. The summed E-state index contributed by atoms with van der Waals surface area (Å²) in [5.74, 6) is 0. The van der Waals surface area contributed by atoms with Crippen molar-refractivity contribution in [1.29, 1.82) is 0 Å². The van der Waals surface area contributed by atoms with Gasteiger partial charge in [0.1, 0.15) is 12.2 Å². The summed E-state index contributed by atoms with van der Waals surface area (Å²) in [4.78, 5) is 4.56. The largest absolute Gasteiger partial charge is 0.389 e. The van der Waals surface area contributed by atoms with Gasteiger partial charge in [0.15, 0.2) is 0 Å². The fourth-order valence-corrected chi connectivity index (χ4v) is 6.93. The molecule has 36 heavy (non-hydrogen) atoms. The molecule has 0 unspecified atom stereocenters. The van der Waals surface area contributed by atoms with E-state index in [4.69, 9.17) is 9.47 Å². The summed E-state index contributed by atoms with van der Waals surface area (Å²) < 4.78 is 12.1. The summed E-state index contributed by atoms with van der Waals surface area (Å²) >= 11 is 6.64. The molecule has 194 valence electrons. The standard InChI is InChI=1S/C26H32N2O4S4/c29-19(17-31-25(21-5-1-11-33-21)22-6-2-12-34-22)15-27-9-10-28-16-20(30)18-32-26(23-7-3-13-35-23)24-8-4-14-36-24/h1-8,11-14,19-20,25-30H,9-10,15-18H2/t19-,20-/m1/s1. The van der Waals surface area contributed by atoms with Crippen LogP contribution in [-0.4, -0.2) is 61.8 Å². The van der Waals surface area contributed by atoms with Gasteiger partial charge in [-0.05, 0) is 45.8 Å². The van der Waals surface area contributed by atoms with Gasteiger partial charge in [0.25, 0.3) is 0 Å². The Bertz CT molecular complexity index is 901. The second kappa shape index (κ2) is 15.1. The minimum absolute atomic E-state index is 0.135. The van der Waals surface area contributed by atoms with Crippen LogP contribution >= 0.6 is 45.3 Å². The quantitative estimate of drug-likeness (QED) is 0.139. The van der Waals surface area contributed by atoms with Gasteiger partial charge >= 0.3 is 0 Å². The van der Waals surface area contributed by atoms with Crippen molar-refractivity contribution in [2.75, 3.05) is 39.4 Å². The number of hydrogen-bond donors (Lipinski definition) is 4. The number of aliphatic hydroxyl groups excluding tert-OH is 2. The van der Waals surface area contributed by atoms with E-state index in [-0.39, 0.29) is 25.4 Å². The molecule has 0 bridgehead atoms. The molecule has 0 radical (unpaired) electrons. The number of rotatable bonds is 17. The molecule has 4 aromatic heterocycles. The van der Waals surface area contributed by atoms with Gasteiger partial charge in [-0.25, -0.2) is 0 Å². The van der Waals surface area contributed by atoms with E-state index < -0.39 is 12.2 Å². The number of thiophene rings is 4. The van der Waals surface area contributed by atoms with Crippen molar-refractivity contribution in [3.63, 3.8) is 0 Å². The maximum atomic E-state index is 10.4. The van der Waals surface area contributed by atoms with E-state index in [1.54, 1.807) is 45.3 Å². The van der Waals surface area contributed by atoms with Gasteiger partial charge in [0, 0.05) is 45.7 Å². The second-order valence-electron chi connectivity index (χ2n) is 8.20. The van der Waals surface area contributed by atoms with Crippen molar-refractivity contribution in [2.24, 2.45) is 0 Å². The Kier molecular flexibility index (Phi) is 11.6. The number of aliphatic hydroxyl groups is 2. The monoisotopic (exact) mass is 564 g/mol. The van der Waals surface area contributed by atoms with E-state index in [0.717, 1.165) is 19.5 Å². The zero-order valence-corrected chi connectivity index (χ0v) is 23.1. The minimum atomic E-state index is -0.599. The Morgan fingerprint density at radius 1 is 0.583 bits per heavy atom. The number of hydrogen-bond acceptors (Lipinski definition) is 10. The summed E-state index contributed by atoms with van der Waals surface area (Å²) in [5.41, 5.74) is 0. The Balaban J connectivity index is 1.08. The Morgan fingerprint density at radius 3 is 1.19 bits per heavy atom. The number of nitrogens with one attached hydrogen (secondary N) is 2. The van der Waals surface area contributed by atoms with Crippen LogP contribution in [0.3, 0.4) is 0 Å². The molecular weight excluding hydrogens is 533 g/mol. The molecule has 4 heterocycles. The summed E-state index contributed by atoms with van der Waals surface area (Å²) in [5, 5.41) is 35.4. The van der Waals surface area contributed by atoms with Gasteiger partial charge in [-0.1, -0.05) is 24.3 Å². The lowest BCUT2D eigenvalue weighted by molar-refractivity contribution is 0.00796. The average Bonchev–Trinajstić information content (AvgIpc) is 3.71. The molecule has 0 saturated heterocycles. The van der Waals surface area contributed by atoms with E-state index in [1.165, 1.54) is 0 Å². The molecule has 6 nitrogen and oxygen atoms in total. The van der Waals surface area contributed by atoms with Crippen LogP contribution in [0.5, 0.6) is 0 Å². The van der Waals surface area contributed by atoms with Crippen LogP contribution in [0.25, 0.3) is 0 Å². The van der Waals surface area contributed by atoms with Gasteiger partial charge in [-0.2, -0.15) is 0 Å². The highest BCUT2D eigenvalue weighted by atomic mass is 32.1. The molecule has 0 spiro atoms. The lowest BCUT2D eigenvalue weighted by Gasteiger charge is -2.19. The molecule has 0 aliphatic heterocycles. The fourth-order valence-electron chi connectivity index (χ4n) is 3.62. The predicted molar refractivity (Wildman–Crippen MR) is 151 cm³/mol. The van der Waals surface area contributed by atoms with E-state index in [9.17, 15) is 10.2 Å². The Labute approximate surface area is 228 Å². The molecule has 0 amide bonds. The molecule has 0 aliphatic carbocycles. The average molecular weight is 565 g/mol. The van der Waals surface area contributed by atoms with Crippen molar-refractivity contribution >= 4 is 45.3 Å². The zero-order chi connectivity index (χ0) is 25.0. The summed E-state index contributed by atoms with van der Waals surface area (Å²) in [6.07, 6.45) is -1.47. The van der Waals surface area contributed by atoms with Crippen molar-refractivity contribution in [3.05, 3.63) is 89.6 Å². The van der Waals surface area contributed by atoms with Crippen molar-refractivity contribution in [3.8, 4) is 0 Å². The molecule has 10 heteroatoms. The normalized spacial score (nSPS) is 13.6. The van der Waals surface area contributed by atoms with Gasteiger partial charge in [-0.3, -0.25) is 0 Å². The van der Waals surface area contributed by atoms with Crippen LogP contribution in [0.4, 0.5) is 0 Å². The third kappa shape index (κ3) is 8.56. The summed E-state index contributed by atoms with van der Waals surface area (Å²) in [6.45, 7) is 2.75. The van der Waals surface area contributed by atoms with Gasteiger partial charge < -0.3 is 30.3 Å². The van der Waals surface area contributed by atoms with Crippen LogP contribution in [0.2, 0.25) is 0 Å². The highest BCUT2D eigenvalue weighted by Crippen LogP contribution is 2.33. The topological polar surface area (TPSA) is 83.0 Å². The van der Waals surface area contributed by atoms with Crippen molar-refractivity contribution < 1.29 is 19.7 Å². The Morgan fingerprint density at radius 2 is 0.917 bits per heavy atom. The molecule has 0 aromatic carbocycles. The van der Waals surface area contributed by atoms with Crippen molar-refractivity contribution in [2.45, 2.75) is 24.4 Å². The predicted octanol–water partition coefficient (Wildman–Crippen LogP) is 4.75. The molecule has 0 saturated carbocycles. The third-order valence-corrected chi connectivity index (χ3v) is 9.02. The molecule has 4 rings (SSSR count). The smallest absolute Gasteiger partial charge is 0.126 e. The lowest BCUT2D eigenvalue weighted by atomic mass is 10.2. The van der Waals surface area contributed by atoms with Gasteiger partial charge in [0.05, 0.1) is 25.4 Å². The van der Waals surface area contributed by atoms with Crippen LogP contribution < -0.4 is 10.6 Å².